The van der Waals surface area contributed by atoms with Gasteiger partial charge in [0.15, 0.2) is 0 Å². The standard InChI is InChI=1S/C22H32N2O3/c1-23(2)18-10-12-22(13-11-18)16-24(21(25)20-9-5-6-14-26-20)15-17-7-3-4-8-19(17)27-22/h3-4,7-8,18,20H,5-6,9-16H2,1-2H3. The number of nitrogens with zero attached hydrogens (tertiary/aromatic N) is 2. The van der Waals surface area contributed by atoms with Crippen molar-refractivity contribution in [3.8, 4) is 5.75 Å². The van der Waals surface area contributed by atoms with Gasteiger partial charge >= 0.3 is 0 Å². The summed E-state index contributed by atoms with van der Waals surface area (Å²) >= 11 is 0. The summed E-state index contributed by atoms with van der Waals surface area (Å²) in [6, 6.07) is 8.80. The number of rotatable bonds is 2. The maximum absolute atomic E-state index is 13.3. The number of ether oxygens (including phenoxy) is 2. The minimum absolute atomic E-state index is 0.143. The molecule has 1 saturated heterocycles. The van der Waals surface area contributed by atoms with E-state index in [2.05, 4.69) is 31.1 Å². The van der Waals surface area contributed by atoms with Crippen molar-refractivity contribution in [2.45, 2.75) is 69.2 Å². The molecule has 4 rings (SSSR count). The Morgan fingerprint density at radius 1 is 1.15 bits per heavy atom. The van der Waals surface area contributed by atoms with E-state index in [4.69, 9.17) is 9.47 Å². The van der Waals surface area contributed by atoms with Crippen molar-refractivity contribution in [3.63, 3.8) is 0 Å². The molecule has 27 heavy (non-hydrogen) atoms. The van der Waals surface area contributed by atoms with Crippen molar-refractivity contribution in [3.05, 3.63) is 29.8 Å². The van der Waals surface area contributed by atoms with Gasteiger partial charge in [-0.25, -0.2) is 0 Å². The molecule has 0 bridgehead atoms. The Bertz CT molecular complexity index is 661. The van der Waals surface area contributed by atoms with Crippen LogP contribution in [0.15, 0.2) is 24.3 Å². The summed E-state index contributed by atoms with van der Waals surface area (Å²) < 4.78 is 12.4. The highest BCUT2D eigenvalue weighted by Crippen LogP contribution is 2.39. The van der Waals surface area contributed by atoms with Crippen molar-refractivity contribution in [2.24, 2.45) is 0 Å². The highest BCUT2D eigenvalue weighted by atomic mass is 16.5. The van der Waals surface area contributed by atoms with Crippen LogP contribution in [0.3, 0.4) is 0 Å². The van der Waals surface area contributed by atoms with Gasteiger partial charge in [0.05, 0.1) is 6.54 Å². The van der Waals surface area contributed by atoms with Gasteiger partial charge in [0.1, 0.15) is 17.5 Å². The van der Waals surface area contributed by atoms with Crippen molar-refractivity contribution in [1.29, 1.82) is 0 Å². The summed E-state index contributed by atoms with van der Waals surface area (Å²) in [4.78, 5) is 17.6. The van der Waals surface area contributed by atoms with E-state index in [1.54, 1.807) is 0 Å². The first-order valence-electron chi connectivity index (χ1n) is 10.4. The predicted molar refractivity (Wildman–Crippen MR) is 105 cm³/mol. The molecule has 2 aliphatic heterocycles. The third-order valence-electron chi connectivity index (χ3n) is 6.50. The van der Waals surface area contributed by atoms with E-state index < -0.39 is 0 Å². The van der Waals surface area contributed by atoms with Crippen LogP contribution in [0.1, 0.15) is 50.5 Å². The first kappa shape index (κ1) is 18.8. The largest absolute Gasteiger partial charge is 0.485 e. The summed E-state index contributed by atoms with van der Waals surface area (Å²) in [5.74, 6) is 1.09. The maximum Gasteiger partial charge on any atom is 0.252 e. The number of carbonyl (C=O) groups is 1. The van der Waals surface area contributed by atoms with Crippen molar-refractivity contribution in [1.82, 2.24) is 9.80 Å². The molecule has 1 saturated carbocycles. The van der Waals surface area contributed by atoms with Crippen molar-refractivity contribution >= 4 is 5.91 Å². The third kappa shape index (κ3) is 3.99. The minimum atomic E-state index is -0.279. The van der Waals surface area contributed by atoms with E-state index in [-0.39, 0.29) is 17.6 Å². The number of benzene rings is 1. The Balaban J connectivity index is 1.58. The van der Waals surface area contributed by atoms with Crippen LogP contribution in [-0.4, -0.2) is 60.7 Å². The van der Waals surface area contributed by atoms with Crippen LogP contribution in [0.5, 0.6) is 5.75 Å². The molecule has 1 aromatic carbocycles. The predicted octanol–water partition coefficient (Wildman–Crippen LogP) is 3.22. The van der Waals surface area contributed by atoms with Gasteiger partial charge in [-0.05, 0) is 65.1 Å². The smallest absolute Gasteiger partial charge is 0.252 e. The molecule has 148 valence electrons. The lowest BCUT2D eigenvalue weighted by atomic mass is 9.81. The van der Waals surface area contributed by atoms with Crippen LogP contribution in [-0.2, 0) is 16.1 Å². The lowest BCUT2D eigenvalue weighted by Gasteiger charge is -2.43. The summed E-state index contributed by atoms with van der Waals surface area (Å²) in [6.45, 7) is 1.99. The van der Waals surface area contributed by atoms with E-state index in [0.717, 1.165) is 56.3 Å². The van der Waals surface area contributed by atoms with Gasteiger partial charge in [0, 0.05) is 24.8 Å². The lowest BCUT2D eigenvalue weighted by Crippen LogP contribution is -2.53. The van der Waals surface area contributed by atoms with E-state index in [1.807, 2.05) is 17.0 Å². The Morgan fingerprint density at radius 3 is 2.63 bits per heavy atom. The maximum atomic E-state index is 13.3. The Kier molecular flexibility index (Phi) is 5.42. The fourth-order valence-electron chi connectivity index (χ4n) is 4.81. The molecule has 1 atom stereocenters. The Labute approximate surface area is 162 Å². The zero-order valence-corrected chi connectivity index (χ0v) is 16.7. The van der Waals surface area contributed by atoms with Gasteiger partial charge in [-0.3, -0.25) is 4.79 Å². The molecule has 1 amide bonds. The first-order valence-corrected chi connectivity index (χ1v) is 10.4. The Morgan fingerprint density at radius 2 is 1.93 bits per heavy atom. The molecule has 1 aromatic rings. The van der Waals surface area contributed by atoms with Crippen molar-refractivity contribution in [2.75, 3.05) is 27.2 Å². The van der Waals surface area contributed by atoms with Crippen LogP contribution < -0.4 is 4.74 Å². The van der Waals surface area contributed by atoms with Crippen molar-refractivity contribution < 1.29 is 14.3 Å². The third-order valence-corrected chi connectivity index (χ3v) is 6.50. The summed E-state index contributed by atoms with van der Waals surface area (Å²) in [5, 5.41) is 0. The number of carbonyl (C=O) groups excluding carboxylic acids is 1. The first-order chi connectivity index (χ1) is 13.1. The molecule has 1 spiro atoms. The average molecular weight is 373 g/mol. The molecule has 2 fully saturated rings. The van der Waals surface area contributed by atoms with Crippen LogP contribution in [0.2, 0.25) is 0 Å². The van der Waals surface area contributed by atoms with E-state index in [1.165, 1.54) is 0 Å². The zero-order valence-electron chi connectivity index (χ0n) is 16.7. The second-order valence-corrected chi connectivity index (χ2v) is 8.64. The second-order valence-electron chi connectivity index (χ2n) is 8.64. The van der Waals surface area contributed by atoms with Gasteiger partial charge in [0.25, 0.3) is 5.91 Å². The van der Waals surface area contributed by atoms with Gasteiger partial charge in [-0.2, -0.15) is 0 Å². The summed E-state index contributed by atoms with van der Waals surface area (Å²) in [7, 11) is 4.31. The van der Waals surface area contributed by atoms with E-state index in [9.17, 15) is 4.79 Å². The number of para-hydroxylation sites is 1. The second kappa shape index (κ2) is 7.80. The molecule has 5 nitrogen and oxygen atoms in total. The fraction of sp³-hybridized carbons (Fsp3) is 0.682. The quantitative estimate of drug-likeness (QED) is 0.799. The molecule has 2 heterocycles. The lowest BCUT2D eigenvalue weighted by molar-refractivity contribution is -0.150. The normalized spacial score (nSPS) is 31.3. The average Bonchev–Trinajstić information content (AvgIpc) is 2.85. The molecular formula is C22H32N2O3. The molecule has 1 unspecified atom stereocenters. The summed E-state index contributed by atoms with van der Waals surface area (Å²) in [6.07, 6.45) is 6.89. The molecular weight excluding hydrogens is 340 g/mol. The zero-order chi connectivity index (χ0) is 18.9. The van der Waals surface area contributed by atoms with E-state index in [0.29, 0.717) is 25.7 Å². The minimum Gasteiger partial charge on any atom is -0.485 e. The van der Waals surface area contributed by atoms with Crippen LogP contribution in [0.4, 0.5) is 0 Å². The molecule has 0 radical (unpaired) electrons. The number of amides is 1. The van der Waals surface area contributed by atoms with Crippen LogP contribution >= 0.6 is 0 Å². The molecule has 0 aromatic heterocycles. The SMILES string of the molecule is CN(C)C1CCC2(CC1)CN(C(=O)C1CCCCO1)Cc1ccccc1O2. The van der Waals surface area contributed by atoms with Gasteiger partial charge in [-0.1, -0.05) is 18.2 Å². The van der Waals surface area contributed by atoms with Gasteiger partial charge in [-0.15, -0.1) is 0 Å². The van der Waals surface area contributed by atoms with E-state index >= 15 is 0 Å². The topological polar surface area (TPSA) is 42.0 Å². The highest BCUT2D eigenvalue weighted by molar-refractivity contribution is 5.81. The molecule has 0 N–H and O–H groups in total. The number of fused-ring (bicyclic) bond motifs is 1. The highest BCUT2D eigenvalue weighted by Gasteiger charge is 2.43. The van der Waals surface area contributed by atoms with Crippen LogP contribution in [0.25, 0.3) is 0 Å². The monoisotopic (exact) mass is 372 g/mol. The number of hydrogen-bond donors (Lipinski definition) is 0. The van der Waals surface area contributed by atoms with Gasteiger partial charge < -0.3 is 19.3 Å². The molecule has 5 heteroatoms. The Hall–Kier alpha value is -1.59. The summed E-state index contributed by atoms with van der Waals surface area (Å²) in [5.41, 5.74) is 0.831. The molecule has 3 aliphatic rings. The fourth-order valence-corrected chi connectivity index (χ4v) is 4.81. The molecule has 1 aliphatic carbocycles. The van der Waals surface area contributed by atoms with Gasteiger partial charge in [0.2, 0.25) is 0 Å². The van der Waals surface area contributed by atoms with Crippen LogP contribution in [0, 0.1) is 0 Å². The number of hydrogen-bond acceptors (Lipinski definition) is 4.